The van der Waals surface area contributed by atoms with Crippen LogP contribution >= 0.6 is 11.6 Å². The lowest BCUT2D eigenvalue weighted by Gasteiger charge is -1.99. The lowest BCUT2D eigenvalue weighted by molar-refractivity contribution is 0.229. The lowest BCUT2D eigenvalue weighted by Crippen LogP contribution is -1.85. The Morgan fingerprint density at radius 3 is 2.70 bits per heavy atom. The van der Waals surface area contributed by atoms with Crippen LogP contribution in [-0.4, -0.2) is 0 Å². The van der Waals surface area contributed by atoms with Crippen LogP contribution in [-0.2, 0) is 11.3 Å². The van der Waals surface area contributed by atoms with Crippen LogP contribution in [0.3, 0.4) is 0 Å². The second-order valence-corrected chi connectivity index (χ2v) is 2.29. The predicted molar refractivity (Wildman–Crippen MR) is 39.5 cm³/mol. The van der Waals surface area contributed by atoms with E-state index < -0.39 is 0 Å². The van der Waals surface area contributed by atoms with E-state index in [1.165, 1.54) is 0 Å². The van der Waals surface area contributed by atoms with Crippen LogP contribution in [0.5, 0.6) is 0 Å². The van der Waals surface area contributed by atoms with Crippen LogP contribution < -0.4 is 0 Å². The summed E-state index contributed by atoms with van der Waals surface area (Å²) in [5.74, 6) is 0. The van der Waals surface area contributed by atoms with Gasteiger partial charge < -0.3 is 4.74 Å². The van der Waals surface area contributed by atoms with E-state index in [2.05, 4.69) is 4.74 Å². The Kier molecular flexibility index (Phi) is 2.72. The first-order chi connectivity index (χ1) is 4.84. The van der Waals surface area contributed by atoms with Gasteiger partial charge in [-0.25, -0.2) is 0 Å². The summed E-state index contributed by atoms with van der Waals surface area (Å²) in [5.41, 5.74) is 0.846. The Bertz CT molecular complexity index is 210. The van der Waals surface area contributed by atoms with Crippen molar-refractivity contribution in [2.75, 3.05) is 0 Å². The molecule has 0 aliphatic carbocycles. The summed E-state index contributed by atoms with van der Waals surface area (Å²) in [6.45, 7) is 0.250. The Morgan fingerprint density at radius 2 is 2.10 bits per heavy atom. The highest BCUT2D eigenvalue weighted by Gasteiger charge is 1.95. The Hall–Kier alpha value is -0.530. The molecule has 0 spiro atoms. The molecule has 51 valence electrons. The molecule has 0 amide bonds. The first kappa shape index (κ1) is 7.58. The van der Waals surface area contributed by atoms with Crippen LogP contribution in [0.1, 0.15) is 5.56 Å². The number of ether oxygens (including phenoxy) is 1. The summed E-state index contributed by atoms with van der Waals surface area (Å²) in [6, 6.07) is 7.31. The molecule has 0 N–H and O–H groups in total. The van der Waals surface area contributed by atoms with Crippen molar-refractivity contribution in [3.05, 3.63) is 42.0 Å². The zero-order chi connectivity index (χ0) is 7.40. The van der Waals surface area contributed by atoms with E-state index in [1.807, 2.05) is 18.2 Å². The van der Waals surface area contributed by atoms with Crippen molar-refractivity contribution in [3.63, 3.8) is 0 Å². The van der Waals surface area contributed by atoms with Gasteiger partial charge in [-0.3, -0.25) is 0 Å². The summed E-state index contributed by atoms with van der Waals surface area (Å²) < 4.78 is 4.17. The minimum Gasteiger partial charge on any atom is -0.360 e. The predicted octanol–water partition coefficient (Wildman–Crippen LogP) is 2.40. The van der Waals surface area contributed by atoms with Crippen LogP contribution in [0.2, 0.25) is 5.02 Å². The maximum atomic E-state index is 6.48. The monoisotopic (exact) mass is 153 g/mol. The van der Waals surface area contributed by atoms with Gasteiger partial charge in [0.2, 0.25) is 0 Å². The van der Waals surface area contributed by atoms with Crippen molar-refractivity contribution in [2.45, 2.75) is 6.61 Å². The molecule has 0 aliphatic heterocycles. The smallest absolute Gasteiger partial charge is 0.174 e. The molecule has 0 heterocycles. The first-order valence-corrected chi connectivity index (χ1v) is 3.24. The van der Waals surface area contributed by atoms with Crippen molar-refractivity contribution >= 4 is 11.6 Å². The zero-order valence-electron chi connectivity index (χ0n) is 5.30. The van der Waals surface area contributed by atoms with Gasteiger partial charge >= 0.3 is 0 Å². The van der Waals surface area contributed by atoms with Crippen LogP contribution in [0.25, 0.3) is 0 Å². The second kappa shape index (κ2) is 3.59. The fourth-order valence-corrected chi connectivity index (χ4v) is 0.883. The van der Waals surface area contributed by atoms with Gasteiger partial charge in [0.15, 0.2) is 7.11 Å². The second-order valence-electron chi connectivity index (χ2n) is 1.88. The van der Waals surface area contributed by atoms with Gasteiger partial charge in [0, 0.05) is 5.02 Å². The van der Waals surface area contributed by atoms with Crippen molar-refractivity contribution in [1.82, 2.24) is 0 Å². The molecule has 1 rings (SSSR count). The molecule has 0 saturated carbocycles. The van der Waals surface area contributed by atoms with Crippen LogP contribution in [0.4, 0.5) is 0 Å². The fourth-order valence-electron chi connectivity index (χ4n) is 0.693. The van der Waals surface area contributed by atoms with Gasteiger partial charge in [-0.1, -0.05) is 29.8 Å². The summed E-state index contributed by atoms with van der Waals surface area (Å²) in [4.78, 5) is 0. The largest absolute Gasteiger partial charge is 0.360 e. The maximum Gasteiger partial charge on any atom is 0.174 e. The number of hydrogen-bond donors (Lipinski definition) is 0. The van der Waals surface area contributed by atoms with E-state index in [1.54, 1.807) is 6.07 Å². The molecule has 0 unspecified atom stereocenters. The molecule has 1 aromatic rings. The molecule has 0 aliphatic rings. The quantitative estimate of drug-likeness (QED) is 0.634. The van der Waals surface area contributed by atoms with E-state index in [9.17, 15) is 0 Å². The van der Waals surface area contributed by atoms with Crippen molar-refractivity contribution in [1.29, 1.82) is 0 Å². The average molecular weight is 154 g/mol. The van der Waals surface area contributed by atoms with Gasteiger partial charge in [0.25, 0.3) is 0 Å². The molecular formula is C8H6ClO. The molecule has 2 heteroatoms. The number of halogens is 1. The average Bonchev–Trinajstić information content (AvgIpc) is 1.94. The Labute approximate surface area is 65.6 Å². The lowest BCUT2D eigenvalue weighted by atomic mass is 10.2. The first-order valence-electron chi connectivity index (χ1n) is 2.86. The van der Waals surface area contributed by atoms with Crippen molar-refractivity contribution < 1.29 is 4.74 Å². The van der Waals surface area contributed by atoms with E-state index in [0.717, 1.165) is 5.56 Å². The van der Waals surface area contributed by atoms with Crippen molar-refractivity contribution in [2.24, 2.45) is 0 Å². The van der Waals surface area contributed by atoms with Gasteiger partial charge in [-0.15, -0.1) is 0 Å². The molecule has 10 heavy (non-hydrogen) atoms. The van der Waals surface area contributed by atoms with E-state index in [0.29, 0.717) is 5.02 Å². The standard InChI is InChI=1S/C8H6ClO/c1-10-6-7-4-2-3-5-8(7)9/h2-5H,6H2. The van der Waals surface area contributed by atoms with Gasteiger partial charge in [-0.2, -0.15) is 0 Å². The minimum absolute atomic E-state index is 0.250. The molecule has 1 nitrogen and oxygen atoms in total. The van der Waals surface area contributed by atoms with Crippen molar-refractivity contribution in [3.8, 4) is 0 Å². The maximum absolute atomic E-state index is 6.48. The van der Waals surface area contributed by atoms with E-state index in [4.69, 9.17) is 18.7 Å². The number of rotatable bonds is 2. The molecule has 0 bridgehead atoms. The summed E-state index contributed by atoms with van der Waals surface area (Å²) >= 11 is 5.74. The zero-order valence-corrected chi connectivity index (χ0v) is 6.06. The highest BCUT2D eigenvalue weighted by molar-refractivity contribution is 6.31. The third kappa shape index (κ3) is 1.72. The SMILES string of the molecule is [C]OCc1ccccc1Cl. The van der Waals surface area contributed by atoms with E-state index >= 15 is 0 Å². The molecule has 3 radical (unpaired) electrons. The van der Waals surface area contributed by atoms with Crippen LogP contribution in [0, 0.1) is 7.11 Å². The number of benzene rings is 1. The molecular weight excluding hydrogens is 148 g/mol. The third-order valence-corrected chi connectivity index (χ3v) is 1.55. The summed E-state index contributed by atoms with van der Waals surface area (Å²) in [6.07, 6.45) is 0. The molecule has 0 atom stereocenters. The summed E-state index contributed by atoms with van der Waals surface area (Å²) in [7, 11) is 6.48. The van der Waals surface area contributed by atoms with Gasteiger partial charge in [0.05, 0.1) is 6.61 Å². The molecule has 0 fully saturated rings. The highest BCUT2D eigenvalue weighted by Crippen LogP contribution is 2.14. The highest BCUT2D eigenvalue weighted by atomic mass is 35.5. The number of hydrogen-bond acceptors (Lipinski definition) is 1. The molecule has 1 aromatic carbocycles. The Morgan fingerprint density at radius 1 is 1.40 bits per heavy atom. The molecule has 0 saturated heterocycles. The fraction of sp³-hybridized carbons (Fsp3) is 0.125. The minimum atomic E-state index is 0.250. The third-order valence-electron chi connectivity index (χ3n) is 1.19. The van der Waals surface area contributed by atoms with Gasteiger partial charge in [0.1, 0.15) is 0 Å². The summed E-state index contributed by atoms with van der Waals surface area (Å²) in [5, 5.41) is 0.648. The van der Waals surface area contributed by atoms with Gasteiger partial charge in [-0.05, 0) is 11.6 Å². The van der Waals surface area contributed by atoms with Crippen LogP contribution in [0.15, 0.2) is 24.3 Å². The molecule has 0 aromatic heterocycles. The normalized spacial score (nSPS) is 9.80. The topological polar surface area (TPSA) is 9.23 Å². The van der Waals surface area contributed by atoms with E-state index in [-0.39, 0.29) is 6.61 Å². The Balaban J connectivity index is 2.81.